The third kappa shape index (κ3) is 53.9. The van der Waals surface area contributed by atoms with Crippen molar-refractivity contribution < 1.29 is 42.9 Å². The Labute approximate surface area is 428 Å². The zero-order valence-corrected chi connectivity index (χ0v) is 46.8. The van der Waals surface area contributed by atoms with Gasteiger partial charge in [-0.3, -0.25) is 9.59 Å². The van der Waals surface area contributed by atoms with Gasteiger partial charge in [-0.25, -0.2) is 4.79 Å². The molecule has 0 aromatic carbocycles. The Morgan fingerprint density at radius 1 is 0.377 bits per heavy atom. The lowest BCUT2D eigenvalue weighted by molar-refractivity contribution is -0.870. The van der Waals surface area contributed by atoms with Crippen LogP contribution in [0, 0.1) is 0 Å². The van der Waals surface area contributed by atoms with E-state index in [1.807, 2.05) is 21.1 Å². The number of unbranched alkanes of at least 4 members (excludes halogenated alkanes) is 42. The Morgan fingerprint density at radius 3 is 0.928 bits per heavy atom. The van der Waals surface area contributed by atoms with Crippen molar-refractivity contribution in [2.75, 3.05) is 47.5 Å². The lowest BCUT2D eigenvalue weighted by Crippen LogP contribution is -2.40. The molecule has 0 aromatic rings. The molecule has 69 heavy (non-hydrogen) atoms. The average Bonchev–Trinajstić information content (AvgIpc) is 3.31. The van der Waals surface area contributed by atoms with Crippen LogP contribution in [-0.2, 0) is 33.3 Å². The van der Waals surface area contributed by atoms with Crippen molar-refractivity contribution >= 4 is 17.9 Å². The van der Waals surface area contributed by atoms with E-state index in [1.54, 1.807) is 0 Å². The standard InChI is InChI=1S/C60H117NO8/c1-6-8-10-12-14-16-18-20-22-24-25-26-27-28-29-30-31-32-33-35-37-39-41-43-45-47-49-51-58(63)69-56(55-68-60(59(64)65)66-53-52-61(3,4)5)54-67-57(62)50-48-46-44-42-40-38-36-34-23-21-19-17-15-13-11-9-7-2/h56,60H,6-55H2,1-5H3/p+1. The molecule has 0 radical (unpaired) electrons. The number of quaternary nitrogens is 1. The molecule has 0 bridgehead atoms. The molecule has 0 aromatic heterocycles. The van der Waals surface area contributed by atoms with Gasteiger partial charge in [-0.1, -0.05) is 284 Å². The van der Waals surface area contributed by atoms with Crippen LogP contribution in [0.4, 0.5) is 0 Å². The van der Waals surface area contributed by atoms with Gasteiger partial charge in [0, 0.05) is 12.8 Å². The van der Waals surface area contributed by atoms with E-state index in [1.165, 1.54) is 244 Å². The Hall–Kier alpha value is -1.71. The summed E-state index contributed by atoms with van der Waals surface area (Å²) in [6.07, 6.45) is 56.2. The maximum absolute atomic E-state index is 12.9. The van der Waals surface area contributed by atoms with Gasteiger partial charge in [0.1, 0.15) is 13.2 Å². The summed E-state index contributed by atoms with van der Waals surface area (Å²) >= 11 is 0. The smallest absolute Gasteiger partial charge is 0.361 e. The number of nitrogens with zero attached hydrogens (tertiary/aromatic N) is 1. The lowest BCUT2D eigenvalue weighted by atomic mass is 10.0. The van der Waals surface area contributed by atoms with E-state index in [0.29, 0.717) is 17.4 Å². The predicted molar refractivity (Wildman–Crippen MR) is 291 cm³/mol. The van der Waals surface area contributed by atoms with Gasteiger partial charge in [-0.15, -0.1) is 0 Å². The number of carboxylic acid groups (broad SMARTS) is 1. The molecule has 0 spiro atoms. The van der Waals surface area contributed by atoms with Crippen LogP contribution in [-0.4, -0.2) is 87.4 Å². The summed E-state index contributed by atoms with van der Waals surface area (Å²) in [5.41, 5.74) is 0. The monoisotopic (exact) mass is 981 g/mol. The molecule has 410 valence electrons. The fraction of sp³-hybridized carbons (Fsp3) is 0.950. The minimum Gasteiger partial charge on any atom is -0.477 e. The first-order valence-electron chi connectivity index (χ1n) is 30.2. The predicted octanol–water partition coefficient (Wildman–Crippen LogP) is 17.6. The number of hydrogen-bond acceptors (Lipinski definition) is 7. The minimum absolute atomic E-state index is 0.172. The Balaban J connectivity index is 4.12. The summed E-state index contributed by atoms with van der Waals surface area (Å²) in [5.74, 6) is -1.97. The van der Waals surface area contributed by atoms with Gasteiger partial charge in [0.05, 0.1) is 34.4 Å². The van der Waals surface area contributed by atoms with Crippen molar-refractivity contribution in [3.05, 3.63) is 0 Å². The second-order valence-corrected chi connectivity index (χ2v) is 22.0. The number of carbonyl (C=O) groups is 3. The molecular formula is C60H118NO8+. The fourth-order valence-electron chi connectivity index (χ4n) is 9.19. The number of hydrogen-bond donors (Lipinski definition) is 1. The lowest BCUT2D eigenvalue weighted by Gasteiger charge is -2.25. The highest BCUT2D eigenvalue weighted by Gasteiger charge is 2.25. The van der Waals surface area contributed by atoms with Gasteiger partial charge in [0.15, 0.2) is 6.10 Å². The second-order valence-electron chi connectivity index (χ2n) is 22.0. The maximum atomic E-state index is 12.9. The second kappa shape index (κ2) is 52.6. The van der Waals surface area contributed by atoms with Crippen LogP contribution in [0.25, 0.3) is 0 Å². The van der Waals surface area contributed by atoms with Crippen molar-refractivity contribution in [3.63, 3.8) is 0 Å². The highest BCUT2D eigenvalue weighted by molar-refractivity contribution is 5.71. The zero-order valence-electron chi connectivity index (χ0n) is 46.8. The molecule has 0 saturated carbocycles. The molecular weight excluding hydrogens is 863 g/mol. The van der Waals surface area contributed by atoms with E-state index < -0.39 is 18.4 Å². The van der Waals surface area contributed by atoms with Crippen LogP contribution < -0.4 is 0 Å². The van der Waals surface area contributed by atoms with Crippen molar-refractivity contribution in [1.82, 2.24) is 0 Å². The molecule has 0 aliphatic heterocycles. The SMILES string of the molecule is CCCCCCCCCCCCCCCCCCCCCCCCCCCCCC(=O)OC(COC(=O)CCCCCCCCCCCCCCCCCCC)COC(OCC[N+](C)(C)C)C(=O)O. The molecule has 1 N–H and O–H groups in total. The zero-order chi connectivity index (χ0) is 50.6. The van der Waals surface area contributed by atoms with Crippen LogP contribution in [0.3, 0.4) is 0 Å². The topological polar surface area (TPSA) is 108 Å². The molecule has 0 aliphatic rings. The molecule has 0 heterocycles. The van der Waals surface area contributed by atoms with E-state index >= 15 is 0 Å². The molecule has 0 fully saturated rings. The molecule has 2 atom stereocenters. The van der Waals surface area contributed by atoms with Gasteiger partial charge in [0.2, 0.25) is 0 Å². The summed E-state index contributed by atoms with van der Waals surface area (Å²) in [5, 5.41) is 9.70. The number of likely N-dealkylation sites (N-methyl/N-ethyl adjacent to an activating group) is 1. The quantitative estimate of drug-likeness (QED) is 0.0278. The molecule has 9 nitrogen and oxygen atoms in total. The third-order valence-electron chi connectivity index (χ3n) is 13.9. The highest BCUT2D eigenvalue weighted by Crippen LogP contribution is 2.18. The van der Waals surface area contributed by atoms with Crippen LogP contribution in [0.5, 0.6) is 0 Å². The molecule has 0 rings (SSSR count). The summed E-state index contributed by atoms with van der Waals surface area (Å²) in [6.45, 7) is 4.95. The Bertz CT molecular complexity index is 1100. The van der Waals surface area contributed by atoms with Crippen LogP contribution >= 0.6 is 0 Å². The number of esters is 2. The first-order chi connectivity index (χ1) is 33.6. The van der Waals surface area contributed by atoms with Crippen molar-refractivity contribution in [3.8, 4) is 0 Å². The molecule has 2 unspecified atom stereocenters. The minimum atomic E-state index is -1.50. The van der Waals surface area contributed by atoms with E-state index in [9.17, 15) is 19.5 Å². The Kier molecular flexibility index (Phi) is 51.3. The number of carbonyl (C=O) groups excluding carboxylic acids is 2. The highest BCUT2D eigenvalue weighted by atomic mass is 16.7. The van der Waals surface area contributed by atoms with Crippen molar-refractivity contribution in [2.45, 2.75) is 322 Å². The number of rotatable bonds is 57. The number of aliphatic carboxylic acids is 1. The van der Waals surface area contributed by atoms with E-state index in [4.69, 9.17) is 18.9 Å². The van der Waals surface area contributed by atoms with Crippen LogP contribution in [0.1, 0.15) is 309 Å². The summed E-state index contributed by atoms with van der Waals surface area (Å²) in [6, 6.07) is 0. The summed E-state index contributed by atoms with van der Waals surface area (Å²) in [4.78, 5) is 37.4. The number of carboxylic acids is 1. The normalized spacial score (nSPS) is 12.7. The van der Waals surface area contributed by atoms with Gasteiger partial charge in [-0.2, -0.15) is 0 Å². The van der Waals surface area contributed by atoms with Gasteiger partial charge in [-0.05, 0) is 12.8 Å². The van der Waals surface area contributed by atoms with E-state index in [2.05, 4.69) is 13.8 Å². The average molecular weight is 982 g/mol. The van der Waals surface area contributed by atoms with Gasteiger partial charge in [0.25, 0.3) is 6.29 Å². The Morgan fingerprint density at radius 2 is 0.652 bits per heavy atom. The molecule has 0 aliphatic carbocycles. The van der Waals surface area contributed by atoms with Gasteiger partial charge >= 0.3 is 17.9 Å². The van der Waals surface area contributed by atoms with E-state index in [0.717, 1.165) is 38.5 Å². The van der Waals surface area contributed by atoms with Crippen molar-refractivity contribution in [2.24, 2.45) is 0 Å². The maximum Gasteiger partial charge on any atom is 0.361 e. The van der Waals surface area contributed by atoms with Crippen LogP contribution in [0.2, 0.25) is 0 Å². The fourth-order valence-corrected chi connectivity index (χ4v) is 9.19. The molecule has 0 saturated heterocycles. The van der Waals surface area contributed by atoms with Crippen molar-refractivity contribution in [1.29, 1.82) is 0 Å². The molecule has 9 heteroatoms. The molecule has 0 amide bonds. The first-order valence-corrected chi connectivity index (χ1v) is 30.2. The van der Waals surface area contributed by atoms with Crippen LogP contribution in [0.15, 0.2) is 0 Å². The van der Waals surface area contributed by atoms with Gasteiger partial charge < -0.3 is 28.5 Å². The summed E-state index contributed by atoms with van der Waals surface area (Å²) < 4.78 is 22.9. The van der Waals surface area contributed by atoms with E-state index in [-0.39, 0.29) is 38.2 Å². The first kappa shape index (κ1) is 67.3. The summed E-state index contributed by atoms with van der Waals surface area (Å²) in [7, 11) is 5.98. The largest absolute Gasteiger partial charge is 0.477 e. The third-order valence-corrected chi connectivity index (χ3v) is 13.9. The number of ether oxygens (including phenoxy) is 4.